The van der Waals surface area contributed by atoms with Gasteiger partial charge in [-0.2, -0.15) is 0 Å². The lowest BCUT2D eigenvalue weighted by molar-refractivity contribution is 0.833. The van der Waals surface area contributed by atoms with Gasteiger partial charge in [-0.25, -0.2) is 4.98 Å². The smallest absolute Gasteiger partial charge is 0.130 e. The van der Waals surface area contributed by atoms with Crippen molar-refractivity contribution >= 4 is 12.2 Å². The van der Waals surface area contributed by atoms with Gasteiger partial charge in [0.2, 0.25) is 0 Å². The lowest BCUT2D eigenvalue weighted by Gasteiger charge is -2.05. The molecule has 0 amide bonds. The number of hydrogen-bond donors (Lipinski definition) is 1. The Hall–Kier alpha value is -1.55. The molecular weight excluding hydrogens is 230 g/mol. The van der Waals surface area contributed by atoms with E-state index in [9.17, 15) is 0 Å². The molecule has 0 unspecified atom stereocenters. The van der Waals surface area contributed by atoms with Gasteiger partial charge in [-0.15, -0.1) is 0 Å². The second-order valence-corrected chi connectivity index (χ2v) is 4.43. The van der Waals surface area contributed by atoms with Gasteiger partial charge in [0, 0.05) is 29.6 Å². The van der Waals surface area contributed by atoms with Gasteiger partial charge in [-0.05, 0) is 31.5 Å². The Kier molecular flexibility index (Phi) is 3.64. The lowest BCUT2D eigenvalue weighted by Crippen LogP contribution is -1.97. The highest BCUT2D eigenvalue weighted by molar-refractivity contribution is 7.71. The van der Waals surface area contributed by atoms with Crippen LogP contribution < -0.4 is 0 Å². The number of pyridine rings is 1. The number of nitrogens with zero attached hydrogens (tertiary/aromatic N) is 2. The Balaban J connectivity index is 2.48. The molecule has 0 fully saturated rings. The van der Waals surface area contributed by atoms with Crippen molar-refractivity contribution in [3.63, 3.8) is 0 Å². The summed E-state index contributed by atoms with van der Waals surface area (Å²) in [5.74, 6) is 0.949. The summed E-state index contributed by atoms with van der Waals surface area (Å²) < 4.78 is 0.636. The van der Waals surface area contributed by atoms with Crippen LogP contribution in [0.4, 0.5) is 0 Å². The second-order valence-electron chi connectivity index (χ2n) is 4.02. The number of aryl methyl sites for hydroxylation is 2. The van der Waals surface area contributed by atoms with E-state index >= 15 is 0 Å². The molecule has 0 saturated carbocycles. The van der Waals surface area contributed by atoms with Crippen LogP contribution in [-0.4, -0.2) is 15.0 Å². The van der Waals surface area contributed by atoms with E-state index in [2.05, 4.69) is 21.9 Å². The average Bonchev–Trinajstić information content (AvgIpc) is 2.28. The first kappa shape index (κ1) is 11.9. The summed E-state index contributed by atoms with van der Waals surface area (Å²) in [6, 6.07) is 5.91. The van der Waals surface area contributed by atoms with Crippen LogP contribution in [0.2, 0.25) is 0 Å². The number of H-pyrrole nitrogens is 1. The molecule has 3 nitrogen and oxygen atoms in total. The minimum absolute atomic E-state index is 0.636. The molecule has 0 aliphatic heterocycles. The molecule has 0 saturated heterocycles. The molecule has 1 N–H and O–H groups in total. The predicted molar refractivity (Wildman–Crippen MR) is 71.4 cm³/mol. The highest BCUT2D eigenvalue weighted by atomic mass is 32.1. The molecule has 2 heterocycles. The first-order chi connectivity index (χ1) is 8.19. The van der Waals surface area contributed by atoms with E-state index in [1.165, 1.54) is 0 Å². The average molecular weight is 245 g/mol. The van der Waals surface area contributed by atoms with E-state index in [-0.39, 0.29) is 0 Å². The summed E-state index contributed by atoms with van der Waals surface area (Å²) in [4.78, 5) is 11.8. The number of rotatable bonds is 3. The quantitative estimate of drug-likeness (QED) is 0.842. The van der Waals surface area contributed by atoms with Crippen molar-refractivity contribution in [1.29, 1.82) is 0 Å². The minimum atomic E-state index is 0.636. The molecule has 17 heavy (non-hydrogen) atoms. The van der Waals surface area contributed by atoms with E-state index in [0.717, 1.165) is 35.6 Å². The second kappa shape index (κ2) is 5.19. The summed E-state index contributed by atoms with van der Waals surface area (Å²) in [5, 5.41) is 0. The maximum Gasteiger partial charge on any atom is 0.130 e. The summed E-state index contributed by atoms with van der Waals surface area (Å²) in [6.07, 6.45) is 3.78. The molecule has 0 aromatic carbocycles. The standard InChI is InChI=1S/C13H15N3S/c1-3-4-12-15-11(8-13(17)16-12)10-5-6-14-9(2)7-10/h5-8H,3-4H2,1-2H3,(H,15,16,17). The molecule has 2 aromatic heterocycles. The van der Waals surface area contributed by atoms with Crippen LogP contribution in [0.3, 0.4) is 0 Å². The van der Waals surface area contributed by atoms with Crippen LogP contribution in [0.1, 0.15) is 24.9 Å². The highest BCUT2D eigenvalue weighted by Crippen LogP contribution is 2.17. The van der Waals surface area contributed by atoms with Crippen LogP contribution in [0.25, 0.3) is 11.3 Å². The fourth-order valence-corrected chi connectivity index (χ4v) is 1.96. The maximum absolute atomic E-state index is 5.19. The molecule has 88 valence electrons. The van der Waals surface area contributed by atoms with Crippen LogP contribution >= 0.6 is 12.2 Å². The Bertz CT molecular complexity index is 575. The normalized spacial score (nSPS) is 10.5. The van der Waals surface area contributed by atoms with Gasteiger partial charge in [0.1, 0.15) is 10.5 Å². The van der Waals surface area contributed by atoms with Crippen LogP contribution in [-0.2, 0) is 6.42 Å². The maximum atomic E-state index is 5.19. The van der Waals surface area contributed by atoms with E-state index in [4.69, 9.17) is 12.2 Å². The van der Waals surface area contributed by atoms with Crippen molar-refractivity contribution in [3.8, 4) is 11.3 Å². The molecular formula is C13H15N3S. The Labute approximate surface area is 106 Å². The van der Waals surface area contributed by atoms with Gasteiger partial charge in [0.05, 0.1) is 0 Å². The molecule has 0 aliphatic carbocycles. The monoisotopic (exact) mass is 245 g/mol. The molecule has 0 spiro atoms. The Morgan fingerprint density at radius 1 is 1.35 bits per heavy atom. The number of aromatic amines is 1. The van der Waals surface area contributed by atoms with Crippen molar-refractivity contribution in [2.45, 2.75) is 26.7 Å². The molecule has 4 heteroatoms. The number of hydrogen-bond acceptors (Lipinski definition) is 3. The molecule has 0 bridgehead atoms. The number of aromatic nitrogens is 3. The van der Waals surface area contributed by atoms with Crippen LogP contribution in [0, 0.1) is 11.6 Å². The molecule has 0 aliphatic rings. The van der Waals surface area contributed by atoms with Crippen molar-refractivity contribution in [3.05, 3.63) is 40.6 Å². The lowest BCUT2D eigenvalue weighted by atomic mass is 10.1. The van der Waals surface area contributed by atoms with Gasteiger partial charge in [-0.3, -0.25) is 4.98 Å². The first-order valence-electron chi connectivity index (χ1n) is 5.72. The molecule has 0 atom stereocenters. The van der Waals surface area contributed by atoms with Crippen LogP contribution in [0.5, 0.6) is 0 Å². The summed E-state index contributed by atoms with van der Waals surface area (Å²) in [7, 11) is 0. The SMILES string of the molecule is CCCc1nc(=S)cc(-c2ccnc(C)c2)[nH]1. The fraction of sp³-hybridized carbons (Fsp3) is 0.308. The first-order valence-corrected chi connectivity index (χ1v) is 6.13. The third-order valence-electron chi connectivity index (χ3n) is 2.49. The van der Waals surface area contributed by atoms with Crippen LogP contribution in [0.15, 0.2) is 24.4 Å². The van der Waals surface area contributed by atoms with E-state index < -0.39 is 0 Å². The Morgan fingerprint density at radius 2 is 2.18 bits per heavy atom. The summed E-state index contributed by atoms with van der Waals surface area (Å²) in [6.45, 7) is 4.11. The van der Waals surface area contributed by atoms with E-state index in [1.807, 2.05) is 31.3 Å². The van der Waals surface area contributed by atoms with Gasteiger partial charge in [-0.1, -0.05) is 19.1 Å². The van der Waals surface area contributed by atoms with Gasteiger partial charge in [0.15, 0.2) is 0 Å². The molecule has 0 radical (unpaired) electrons. The number of nitrogens with one attached hydrogen (secondary N) is 1. The predicted octanol–water partition coefficient (Wildman–Crippen LogP) is 3.46. The van der Waals surface area contributed by atoms with Gasteiger partial charge >= 0.3 is 0 Å². The van der Waals surface area contributed by atoms with Gasteiger partial charge in [0.25, 0.3) is 0 Å². The fourth-order valence-electron chi connectivity index (χ4n) is 1.73. The summed E-state index contributed by atoms with van der Waals surface area (Å²) >= 11 is 5.19. The highest BCUT2D eigenvalue weighted by Gasteiger charge is 2.02. The van der Waals surface area contributed by atoms with Crippen molar-refractivity contribution in [2.24, 2.45) is 0 Å². The zero-order valence-corrected chi connectivity index (χ0v) is 10.8. The largest absolute Gasteiger partial charge is 0.343 e. The van der Waals surface area contributed by atoms with Crippen molar-refractivity contribution < 1.29 is 0 Å². The Morgan fingerprint density at radius 3 is 2.88 bits per heavy atom. The zero-order chi connectivity index (χ0) is 12.3. The van der Waals surface area contributed by atoms with Crippen molar-refractivity contribution in [2.75, 3.05) is 0 Å². The topological polar surface area (TPSA) is 41.6 Å². The third kappa shape index (κ3) is 2.97. The van der Waals surface area contributed by atoms with E-state index in [1.54, 1.807) is 0 Å². The minimum Gasteiger partial charge on any atom is -0.343 e. The van der Waals surface area contributed by atoms with Gasteiger partial charge < -0.3 is 4.98 Å². The zero-order valence-electron chi connectivity index (χ0n) is 10.0. The summed E-state index contributed by atoms with van der Waals surface area (Å²) in [5.41, 5.74) is 3.11. The molecule has 2 aromatic rings. The van der Waals surface area contributed by atoms with Crippen molar-refractivity contribution in [1.82, 2.24) is 15.0 Å². The molecule has 2 rings (SSSR count). The van der Waals surface area contributed by atoms with E-state index in [0.29, 0.717) is 4.64 Å². The third-order valence-corrected chi connectivity index (χ3v) is 2.70.